The first kappa shape index (κ1) is 11.8. The van der Waals surface area contributed by atoms with E-state index in [4.69, 9.17) is 9.47 Å². The lowest BCUT2D eigenvalue weighted by molar-refractivity contribution is 0.0416. The SMILES string of the molecule is CCCCCOCCOCCF. The number of unbranched alkanes of at least 4 members (excludes halogenated alkanes) is 2. The second-order valence-corrected chi connectivity index (χ2v) is 2.62. The maximum atomic E-state index is 11.5. The highest BCUT2D eigenvalue weighted by Crippen LogP contribution is 1.93. The molecule has 0 amide bonds. The van der Waals surface area contributed by atoms with Crippen molar-refractivity contribution >= 4 is 0 Å². The van der Waals surface area contributed by atoms with Gasteiger partial charge in [0.1, 0.15) is 6.67 Å². The molecule has 0 rings (SSSR count). The topological polar surface area (TPSA) is 18.5 Å². The minimum absolute atomic E-state index is 0.193. The Morgan fingerprint density at radius 2 is 1.58 bits per heavy atom. The molecule has 0 bridgehead atoms. The number of ether oxygens (including phenoxy) is 2. The van der Waals surface area contributed by atoms with Crippen LogP contribution >= 0.6 is 0 Å². The Morgan fingerprint density at radius 1 is 0.917 bits per heavy atom. The highest BCUT2D eigenvalue weighted by atomic mass is 19.1. The third-order valence-corrected chi connectivity index (χ3v) is 1.49. The largest absolute Gasteiger partial charge is 0.379 e. The summed E-state index contributed by atoms with van der Waals surface area (Å²) < 4.78 is 21.6. The van der Waals surface area contributed by atoms with Crippen LogP contribution in [0.2, 0.25) is 0 Å². The fraction of sp³-hybridized carbons (Fsp3) is 1.00. The van der Waals surface area contributed by atoms with Gasteiger partial charge in [-0.2, -0.15) is 0 Å². The molecule has 0 fully saturated rings. The number of alkyl halides is 1. The Morgan fingerprint density at radius 3 is 2.17 bits per heavy atom. The molecule has 0 N–H and O–H groups in total. The summed E-state index contributed by atoms with van der Waals surface area (Å²) in [4.78, 5) is 0. The van der Waals surface area contributed by atoms with Crippen LogP contribution in [-0.2, 0) is 9.47 Å². The third kappa shape index (κ3) is 9.85. The molecule has 12 heavy (non-hydrogen) atoms. The lowest BCUT2D eigenvalue weighted by Gasteiger charge is -2.03. The van der Waals surface area contributed by atoms with Gasteiger partial charge < -0.3 is 9.47 Å². The molecule has 2 nitrogen and oxygen atoms in total. The van der Waals surface area contributed by atoms with Crippen LogP contribution in [0.3, 0.4) is 0 Å². The van der Waals surface area contributed by atoms with Crippen LogP contribution in [0.4, 0.5) is 4.39 Å². The normalized spacial score (nSPS) is 10.5. The minimum Gasteiger partial charge on any atom is -0.379 e. The summed E-state index contributed by atoms with van der Waals surface area (Å²) in [6, 6.07) is 0. The van der Waals surface area contributed by atoms with Gasteiger partial charge in [-0.05, 0) is 6.42 Å². The summed E-state index contributed by atoms with van der Waals surface area (Å²) in [6.07, 6.45) is 3.53. The predicted molar refractivity (Wildman–Crippen MR) is 47.1 cm³/mol. The maximum Gasteiger partial charge on any atom is 0.113 e. The van der Waals surface area contributed by atoms with Crippen molar-refractivity contribution in [1.82, 2.24) is 0 Å². The predicted octanol–water partition coefficient (Wildman–Crippen LogP) is 2.18. The summed E-state index contributed by atoms with van der Waals surface area (Å²) in [5.74, 6) is 0. The van der Waals surface area contributed by atoms with E-state index < -0.39 is 6.67 Å². The number of hydrogen-bond donors (Lipinski definition) is 0. The molecule has 0 radical (unpaired) electrons. The first-order chi connectivity index (χ1) is 5.91. The summed E-state index contributed by atoms with van der Waals surface area (Å²) in [7, 11) is 0. The fourth-order valence-electron chi connectivity index (χ4n) is 0.831. The van der Waals surface area contributed by atoms with E-state index >= 15 is 0 Å². The molecule has 74 valence electrons. The van der Waals surface area contributed by atoms with E-state index in [1.54, 1.807) is 0 Å². The Hall–Kier alpha value is -0.150. The van der Waals surface area contributed by atoms with Gasteiger partial charge in [0.15, 0.2) is 0 Å². The van der Waals surface area contributed by atoms with E-state index in [0.29, 0.717) is 13.2 Å². The average Bonchev–Trinajstić information content (AvgIpc) is 2.10. The molecule has 0 aliphatic rings. The van der Waals surface area contributed by atoms with Crippen molar-refractivity contribution < 1.29 is 13.9 Å². The van der Waals surface area contributed by atoms with E-state index in [1.165, 1.54) is 12.8 Å². The summed E-state index contributed by atoms with van der Waals surface area (Å²) >= 11 is 0. The third-order valence-electron chi connectivity index (χ3n) is 1.49. The Balaban J connectivity index is 2.73. The van der Waals surface area contributed by atoms with Gasteiger partial charge in [-0.3, -0.25) is 0 Å². The molecule has 0 aliphatic carbocycles. The van der Waals surface area contributed by atoms with Crippen LogP contribution in [0.5, 0.6) is 0 Å². The highest BCUT2D eigenvalue weighted by Gasteiger charge is 1.89. The van der Waals surface area contributed by atoms with Crippen molar-refractivity contribution in [2.75, 3.05) is 33.1 Å². The van der Waals surface area contributed by atoms with Crippen LogP contribution in [0, 0.1) is 0 Å². The quantitative estimate of drug-likeness (QED) is 0.504. The lowest BCUT2D eigenvalue weighted by Crippen LogP contribution is -2.06. The smallest absolute Gasteiger partial charge is 0.113 e. The zero-order valence-corrected chi connectivity index (χ0v) is 7.85. The molecular formula is C9H19FO2. The molecule has 0 atom stereocenters. The molecular weight excluding hydrogens is 159 g/mol. The van der Waals surface area contributed by atoms with E-state index in [9.17, 15) is 4.39 Å². The van der Waals surface area contributed by atoms with Crippen molar-refractivity contribution in [3.05, 3.63) is 0 Å². The van der Waals surface area contributed by atoms with Gasteiger partial charge in [-0.25, -0.2) is 4.39 Å². The van der Waals surface area contributed by atoms with Gasteiger partial charge in [0.2, 0.25) is 0 Å². The molecule has 3 heteroatoms. The van der Waals surface area contributed by atoms with E-state index in [2.05, 4.69) is 6.92 Å². The molecule has 0 spiro atoms. The van der Waals surface area contributed by atoms with Crippen molar-refractivity contribution in [2.45, 2.75) is 26.2 Å². The molecule has 0 aromatic carbocycles. The van der Waals surface area contributed by atoms with E-state index in [-0.39, 0.29) is 6.61 Å². The fourth-order valence-corrected chi connectivity index (χ4v) is 0.831. The monoisotopic (exact) mass is 178 g/mol. The van der Waals surface area contributed by atoms with Gasteiger partial charge in [-0.1, -0.05) is 19.8 Å². The van der Waals surface area contributed by atoms with Crippen LogP contribution < -0.4 is 0 Å². The van der Waals surface area contributed by atoms with Gasteiger partial charge >= 0.3 is 0 Å². The van der Waals surface area contributed by atoms with Crippen molar-refractivity contribution in [2.24, 2.45) is 0 Å². The Bertz CT molecular complexity index is 68.9. The van der Waals surface area contributed by atoms with Gasteiger partial charge in [-0.15, -0.1) is 0 Å². The van der Waals surface area contributed by atoms with Crippen molar-refractivity contribution in [3.63, 3.8) is 0 Å². The van der Waals surface area contributed by atoms with Gasteiger partial charge in [0.25, 0.3) is 0 Å². The first-order valence-corrected chi connectivity index (χ1v) is 4.63. The van der Waals surface area contributed by atoms with Crippen LogP contribution in [0.25, 0.3) is 0 Å². The summed E-state index contributed by atoms with van der Waals surface area (Å²) in [5.41, 5.74) is 0. The minimum atomic E-state index is -0.407. The lowest BCUT2D eigenvalue weighted by atomic mass is 10.3. The van der Waals surface area contributed by atoms with E-state index in [0.717, 1.165) is 13.0 Å². The molecule has 0 saturated carbocycles. The van der Waals surface area contributed by atoms with Crippen LogP contribution in [0.1, 0.15) is 26.2 Å². The summed E-state index contributed by atoms with van der Waals surface area (Å²) in [6.45, 7) is 3.84. The van der Waals surface area contributed by atoms with E-state index in [1.807, 2.05) is 0 Å². The van der Waals surface area contributed by atoms with Crippen molar-refractivity contribution in [1.29, 1.82) is 0 Å². The Labute approximate surface area is 74.1 Å². The zero-order chi connectivity index (χ0) is 9.07. The summed E-state index contributed by atoms with van der Waals surface area (Å²) in [5, 5.41) is 0. The van der Waals surface area contributed by atoms with Crippen molar-refractivity contribution in [3.8, 4) is 0 Å². The van der Waals surface area contributed by atoms with Crippen LogP contribution in [-0.4, -0.2) is 33.1 Å². The highest BCUT2D eigenvalue weighted by molar-refractivity contribution is 4.36. The average molecular weight is 178 g/mol. The first-order valence-electron chi connectivity index (χ1n) is 4.63. The zero-order valence-electron chi connectivity index (χ0n) is 7.85. The standard InChI is InChI=1S/C9H19FO2/c1-2-3-4-6-11-8-9-12-7-5-10/h2-9H2,1H3. The van der Waals surface area contributed by atoms with Gasteiger partial charge in [0, 0.05) is 6.61 Å². The molecule has 0 aromatic heterocycles. The number of halogens is 1. The molecule has 0 aliphatic heterocycles. The van der Waals surface area contributed by atoms with Gasteiger partial charge in [0.05, 0.1) is 19.8 Å². The molecule has 0 aromatic rings. The Kier molecular flexibility index (Phi) is 10.7. The second-order valence-electron chi connectivity index (χ2n) is 2.62. The second kappa shape index (κ2) is 10.8. The molecule has 0 unspecified atom stereocenters. The number of hydrogen-bond acceptors (Lipinski definition) is 2. The molecule has 0 heterocycles. The molecule has 0 saturated heterocycles. The number of rotatable bonds is 9. The maximum absolute atomic E-state index is 11.5. The van der Waals surface area contributed by atoms with Crippen LogP contribution in [0.15, 0.2) is 0 Å².